The highest BCUT2D eigenvalue weighted by atomic mass is 79.9. The van der Waals surface area contributed by atoms with Crippen molar-refractivity contribution in [1.82, 2.24) is 5.32 Å². The van der Waals surface area contributed by atoms with Gasteiger partial charge in [0, 0.05) is 22.0 Å². The number of benzene rings is 2. The minimum absolute atomic E-state index is 0.0791. The quantitative estimate of drug-likeness (QED) is 0.784. The van der Waals surface area contributed by atoms with Crippen LogP contribution in [0.15, 0.2) is 53.0 Å². The number of hydrogen-bond acceptors (Lipinski definition) is 1. The molecule has 2 aromatic rings. The molecule has 2 aromatic carbocycles. The second kappa shape index (κ2) is 7.62. The SMILES string of the molecule is Cc1cc(Br)ccc1C(=O)NC(CCl)Cc1ccccc1. The third-order valence-corrected chi connectivity index (χ3v) is 4.15. The van der Waals surface area contributed by atoms with Gasteiger partial charge < -0.3 is 5.32 Å². The van der Waals surface area contributed by atoms with Gasteiger partial charge >= 0.3 is 0 Å². The summed E-state index contributed by atoms with van der Waals surface area (Å²) in [5.41, 5.74) is 2.78. The zero-order valence-electron chi connectivity index (χ0n) is 11.8. The van der Waals surface area contributed by atoms with E-state index in [0.29, 0.717) is 11.4 Å². The number of aryl methyl sites for hydroxylation is 1. The Morgan fingerprint density at radius 1 is 1.24 bits per heavy atom. The standard InChI is InChI=1S/C17H17BrClNO/c1-12-9-14(18)7-8-16(12)17(21)20-15(11-19)10-13-5-3-2-4-6-13/h2-9,15H,10-11H2,1H3,(H,20,21). The second-order valence-corrected chi connectivity index (χ2v) is 6.20. The van der Waals surface area contributed by atoms with E-state index in [1.165, 1.54) is 0 Å². The van der Waals surface area contributed by atoms with Crippen molar-refractivity contribution in [2.45, 2.75) is 19.4 Å². The van der Waals surface area contributed by atoms with Crippen LogP contribution in [0.25, 0.3) is 0 Å². The molecule has 4 heteroatoms. The van der Waals surface area contributed by atoms with Crippen molar-refractivity contribution >= 4 is 33.4 Å². The van der Waals surface area contributed by atoms with Crippen LogP contribution in [-0.2, 0) is 6.42 Å². The summed E-state index contributed by atoms with van der Waals surface area (Å²) in [5.74, 6) is 0.303. The number of nitrogens with one attached hydrogen (secondary N) is 1. The molecule has 2 nitrogen and oxygen atoms in total. The minimum Gasteiger partial charge on any atom is -0.348 e. The molecular formula is C17H17BrClNO. The van der Waals surface area contributed by atoms with Crippen molar-refractivity contribution in [3.05, 3.63) is 69.7 Å². The molecule has 2 rings (SSSR count). The topological polar surface area (TPSA) is 29.1 Å². The van der Waals surface area contributed by atoms with E-state index in [2.05, 4.69) is 21.2 Å². The lowest BCUT2D eigenvalue weighted by atomic mass is 10.1. The van der Waals surface area contributed by atoms with Crippen molar-refractivity contribution in [2.75, 3.05) is 5.88 Å². The van der Waals surface area contributed by atoms with Crippen molar-refractivity contribution < 1.29 is 4.79 Å². The van der Waals surface area contributed by atoms with E-state index in [1.807, 2.05) is 55.5 Å². The van der Waals surface area contributed by atoms with Crippen molar-refractivity contribution in [3.63, 3.8) is 0 Å². The molecule has 0 aromatic heterocycles. The Morgan fingerprint density at radius 2 is 1.95 bits per heavy atom. The lowest BCUT2D eigenvalue weighted by Crippen LogP contribution is -2.38. The van der Waals surface area contributed by atoms with Crippen LogP contribution in [-0.4, -0.2) is 17.8 Å². The molecule has 0 saturated heterocycles. The summed E-state index contributed by atoms with van der Waals surface area (Å²) < 4.78 is 0.967. The highest BCUT2D eigenvalue weighted by molar-refractivity contribution is 9.10. The molecule has 110 valence electrons. The highest BCUT2D eigenvalue weighted by Crippen LogP contribution is 2.16. The van der Waals surface area contributed by atoms with Crippen LogP contribution in [0.4, 0.5) is 0 Å². The van der Waals surface area contributed by atoms with Crippen LogP contribution < -0.4 is 5.32 Å². The normalized spacial score (nSPS) is 12.0. The van der Waals surface area contributed by atoms with Crippen LogP contribution in [0.2, 0.25) is 0 Å². The van der Waals surface area contributed by atoms with Crippen LogP contribution in [0.1, 0.15) is 21.5 Å². The van der Waals surface area contributed by atoms with Gasteiger partial charge in [0.1, 0.15) is 0 Å². The second-order valence-electron chi connectivity index (χ2n) is 4.97. The summed E-state index contributed by atoms with van der Waals surface area (Å²) in [7, 11) is 0. The zero-order valence-corrected chi connectivity index (χ0v) is 14.1. The summed E-state index contributed by atoms with van der Waals surface area (Å²) in [6, 6.07) is 15.6. The fourth-order valence-corrected chi connectivity index (χ4v) is 2.85. The first-order valence-electron chi connectivity index (χ1n) is 6.77. The molecule has 0 spiro atoms. The Morgan fingerprint density at radius 3 is 2.57 bits per heavy atom. The maximum Gasteiger partial charge on any atom is 0.251 e. The lowest BCUT2D eigenvalue weighted by Gasteiger charge is -2.17. The Labute approximate surface area is 138 Å². The Bertz CT molecular complexity index is 615. The van der Waals surface area contributed by atoms with E-state index in [1.54, 1.807) is 0 Å². The average Bonchev–Trinajstić information content (AvgIpc) is 2.47. The summed E-state index contributed by atoms with van der Waals surface area (Å²) in [5, 5.41) is 3.01. The molecule has 1 amide bonds. The molecule has 0 aliphatic carbocycles. The maximum absolute atomic E-state index is 12.4. The van der Waals surface area contributed by atoms with Gasteiger partial charge in [0.05, 0.1) is 0 Å². The van der Waals surface area contributed by atoms with Gasteiger partial charge in [-0.2, -0.15) is 0 Å². The van der Waals surface area contributed by atoms with Crippen molar-refractivity contribution in [3.8, 4) is 0 Å². The van der Waals surface area contributed by atoms with Crippen molar-refractivity contribution in [1.29, 1.82) is 0 Å². The van der Waals surface area contributed by atoms with Gasteiger partial charge in [0.25, 0.3) is 5.91 Å². The molecular weight excluding hydrogens is 350 g/mol. The fourth-order valence-electron chi connectivity index (χ4n) is 2.19. The smallest absolute Gasteiger partial charge is 0.251 e. The molecule has 0 fully saturated rings. The van der Waals surface area contributed by atoms with E-state index in [-0.39, 0.29) is 11.9 Å². The molecule has 0 radical (unpaired) electrons. The highest BCUT2D eigenvalue weighted by Gasteiger charge is 2.15. The van der Waals surface area contributed by atoms with E-state index >= 15 is 0 Å². The van der Waals surface area contributed by atoms with Gasteiger partial charge in [-0.05, 0) is 42.7 Å². The Kier molecular flexibility index (Phi) is 5.83. The molecule has 0 aliphatic rings. The van der Waals surface area contributed by atoms with Gasteiger partial charge in [-0.25, -0.2) is 0 Å². The molecule has 1 atom stereocenters. The first-order valence-corrected chi connectivity index (χ1v) is 8.10. The number of carbonyl (C=O) groups excluding carboxylic acids is 1. The monoisotopic (exact) mass is 365 g/mol. The number of hydrogen-bond donors (Lipinski definition) is 1. The first-order chi connectivity index (χ1) is 10.1. The largest absolute Gasteiger partial charge is 0.348 e. The summed E-state index contributed by atoms with van der Waals surface area (Å²) in [6.07, 6.45) is 0.728. The van der Waals surface area contributed by atoms with Crippen molar-refractivity contribution in [2.24, 2.45) is 0 Å². The van der Waals surface area contributed by atoms with Gasteiger partial charge in [-0.15, -0.1) is 11.6 Å². The zero-order chi connectivity index (χ0) is 15.2. The Balaban J connectivity index is 2.06. The molecule has 1 N–H and O–H groups in total. The van der Waals surface area contributed by atoms with Crippen LogP contribution in [0.3, 0.4) is 0 Å². The van der Waals surface area contributed by atoms with Crippen LogP contribution in [0, 0.1) is 6.92 Å². The predicted octanol–water partition coefficient (Wildman–Crippen LogP) is 4.34. The summed E-state index contributed by atoms with van der Waals surface area (Å²) >= 11 is 9.39. The average molecular weight is 367 g/mol. The predicted molar refractivity (Wildman–Crippen MR) is 91.0 cm³/mol. The number of halogens is 2. The fraction of sp³-hybridized carbons (Fsp3) is 0.235. The van der Waals surface area contributed by atoms with Gasteiger partial charge in [0.15, 0.2) is 0 Å². The molecule has 0 aliphatic heterocycles. The van der Waals surface area contributed by atoms with Gasteiger partial charge in [-0.1, -0.05) is 46.3 Å². The summed E-state index contributed by atoms with van der Waals surface area (Å²) in [6.45, 7) is 1.92. The minimum atomic E-state index is -0.0819. The number of amides is 1. The first kappa shape index (κ1) is 16.1. The van der Waals surface area contributed by atoms with E-state index in [4.69, 9.17) is 11.6 Å². The lowest BCUT2D eigenvalue weighted by molar-refractivity contribution is 0.0940. The van der Waals surface area contributed by atoms with E-state index in [9.17, 15) is 4.79 Å². The number of carbonyl (C=O) groups is 1. The molecule has 21 heavy (non-hydrogen) atoms. The van der Waals surface area contributed by atoms with Crippen LogP contribution in [0.5, 0.6) is 0 Å². The molecule has 1 unspecified atom stereocenters. The van der Waals surface area contributed by atoms with Gasteiger partial charge in [0.2, 0.25) is 0 Å². The number of rotatable bonds is 5. The maximum atomic E-state index is 12.4. The van der Waals surface area contributed by atoms with E-state index < -0.39 is 0 Å². The molecule has 0 saturated carbocycles. The van der Waals surface area contributed by atoms with Crippen LogP contribution >= 0.6 is 27.5 Å². The third-order valence-electron chi connectivity index (χ3n) is 3.28. The molecule has 0 heterocycles. The Hall–Kier alpha value is -1.32. The van der Waals surface area contributed by atoms with E-state index in [0.717, 1.165) is 22.0 Å². The number of alkyl halides is 1. The summed E-state index contributed by atoms with van der Waals surface area (Å²) in [4.78, 5) is 12.4. The molecule has 0 bridgehead atoms. The third kappa shape index (κ3) is 4.58. The van der Waals surface area contributed by atoms with Gasteiger partial charge in [-0.3, -0.25) is 4.79 Å².